The molecule has 8 heteroatoms. The van der Waals surface area contributed by atoms with Crippen molar-refractivity contribution in [3.05, 3.63) is 18.5 Å². The molecule has 0 radical (unpaired) electrons. The fourth-order valence-electron chi connectivity index (χ4n) is 2.42. The molecule has 1 aromatic heterocycles. The highest BCUT2D eigenvalue weighted by Crippen LogP contribution is 2.03. The molecular formula is C15H29IN6O. The van der Waals surface area contributed by atoms with E-state index in [2.05, 4.69) is 39.5 Å². The van der Waals surface area contributed by atoms with E-state index < -0.39 is 0 Å². The summed E-state index contributed by atoms with van der Waals surface area (Å²) in [6.45, 7) is 11.2. The minimum Gasteiger partial charge on any atom is -0.379 e. The van der Waals surface area contributed by atoms with Gasteiger partial charge in [0.05, 0.1) is 26.3 Å². The van der Waals surface area contributed by atoms with Crippen molar-refractivity contribution in [2.45, 2.75) is 26.4 Å². The molecule has 1 aliphatic rings. The molecule has 0 aromatic carbocycles. The molecule has 23 heavy (non-hydrogen) atoms. The van der Waals surface area contributed by atoms with E-state index in [0.717, 1.165) is 58.4 Å². The predicted octanol–water partition coefficient (Wildman–Crippen LogP) is 0.777. The number of nitrogens with zero attached hydrogens (tertiary/aromatic N) is 4. The lowest BCUT2D eigenvalue weighted by Gasteiger charge is -2.31. The quantitative estimate of drug-likeness (QED) is 0.376. The first-order valence-corrected chi connectivity index (χ1v) is 8.11. The van der Waals surface area contributed by atoms with Crippen molar-refractivity contribution in [1.29, 1.82) is 0 Å². The van der Waals surface area contributed by atoms with E-state index in [1.165, 1.54) is 0 Å². The van der Waals surface area contributed by atoms with Gasteiger partial charge < -0.3 is 15.4 Å². The minimum atomic E-state index is 0. The van der Waals surface area contributed by atoms with Crippen LogP contribution < -0.4 is 10.6 Å². The molecule has 1 unspecified atom stereocenters. The van der Waals surface area contributed by atoms with Crippen LogP contribution in [0.1, 0.15) is 13.8 Å². The fourth-order valence-corrected chi connectivity index (χ4v) is 2.42. The van der Waals surface area contributed by atoms with E-state index in [0.29, 0.717) is 6.04 Å². The van der Waals surface area contributed by atoms with Crippen LogP contribution in [0.4, 0.5) is 0 Å². The van der Waals surface area contributed by atoms with Gasteiger partial charge in [0.15, 0.2) is 5.96 Å². The second kappa shape index (κ2) is 11.6. The molecule has 0 spiro atoms. The number of aliphatic imine (C=N–C) groups is 1. The number of morpholine rings is 1. The van der Waals surface area contributed by atoms with E-state index in [4.69, 9.17) is 4.74 Å². The third-order valence-electron chi connectivity index (χ3n) is 3.72. The van der Waals surface area contributed by atoms with Crippen LogP contribution in [0.5, 0.6) is 0 Å². The molecule has 1 atom stereocenters. The molecule has 0 bridgehead atoms. The fraction of sp³-hybridized carbons (Fsp3) is 0.733. The minimum absolute atomic E-state index is 0. The summed E-state index contributed by atoms with van der Waals surface area (Å²) in [5.74, 6) is 0.870. The number of ether oxygens (including phenoxy) is 1. The summed E-state index contributed by atoms with van der Waals surface area (Å²) in [6, 6.07) is 2.37. The van der Waals surface area contributed by atoms with Gasteiger partial charge in [0, 0.05) is 44.6 Å². The first-order chi connectivity index (χ1) is 10.8. The van der Waals surface area contributed by atoms with E-state index in [9.17, 15) is 0 Å². The van der Waals surface area contributed by atoms with Gasteiger partial charge in [-0.25, -0.2) is 0 Å². The number of halogens is 1. The van der Waals surface area contributed by atoms with Crippen LogP contribution >= 0.6 is 24.0 Å². The maximum atomic E-state index is 5.39. The molecule has 1 aliphatic heterocycles. The van der Waals surface area contributed by atoms with Gasteiger partial charge in [-0.15, -0.1) is 24.0 Å². The maximum absolute atomic E-state index is 5.39. The van der Waals surface area contributed by atoms with E-state index in [1.54, 1.807) is 6.20 Å². The zero-order chi connectivity index (χ0) is 15.6. The average molecular weight is 436 g/mol. The third kappa shape index (κ3) is 7.49. The molecule has 2 heterocycles. The molecule has 2 N–H and O–H groups in total. The Hall–Kier alpha value is -0.870. The Morgan fingerprint density at radius 1 is 1.35 bits per heavy atom. The molecule has 1 aromatic rings. The summed E-state index contributed by atoms with van der Waals surface area (Å²) in [5.41, 5.74) is 0. The number of rotatable bonds is 7. The summed E-state index contributed by atoms with van der Waals surface area (Å²) in [6.07, 6.45) is 3.76. The summed E-state index contributed by atoms with van der Waals surface area (Å²) in [7, 11) is 0. The Morgan fingerprint density at radius 2 is 2.13 bits per heavy atom. The van der Waals surface area contributed by atoms with Crippen LogP contribution in [-0.4, -0.2) is 72.6 Å². The standard InChI is InChI=1S/C15H28N6O.HI/c1-3-16-15(17-6-8-21-7-4-5-19-21)18-13-14(2)20-9-11-22-12-10-20;/h4-5,7,14H,3,6,8-13H2,1-2H3,(H2,16,17,18);1H. The molecule has 7 nitrogen and oxygen atoms in total. The van der Waals surface area contributed by atoms with Crippen molar-refractivity contribution >= 4 is 29.9 Å². The molecule has 0 aliphatic carbocycles. The van der Waals surface area contributed by atoms with Crippen molar-refractivity contribution in [3.8, 4) is 0 Å². The van der Waals surface area contributed by atoms with Crippen LogP contribution in [0.3, 0.4) is 0 Å². The van der Waals surface area contributed by atoms with Gasteiger partial charge in [0.2, 0.25) is 0 Å². The summed E-state index contributed by atoms with van der Waals surface area (Å²) < 4.78 is 7.30. The maximum Gasteiger partial charge on any atom is 0.191 e. The van der Waals surface area contributed by atoms with Crippen LogP contribution in [0, 0.1) is 0 Å². The third-order valence-corrected chi connectivity index (χ3v) is 3.72. The monoisotopic (exact) mass is 436 g/mol. The number of guanidine groups is 1. The molecule has 0 saturated carbocycles. The van der Waals surface area contributed by atoms with Gasteiger partial charge in [0.25, 0.3) is 0 Å². The normalized spacial score (nSPS) is 17.4. The molecular weight excluding hydrogens is 407 g/mol. The predicted molar refractivity (Wildman–Crippen MR) is 103 cm³/mol. The summed E-state index contributed by atoms with van der Waals surface area (Å²) in [5, 5.41) is 10.8. The van der Waals surface area contributed by atoms with Crippen LogP contribution in [-0.2, 0) is 11.3 Å². The molecule has 132 valence electrons. The van der Waals surface area contributed by atoms with Crippen molar-refractivity contribution in [2.24, 2.45) is 4.99 Å². The Balaban J connectivity index is 0.00000264. The van der Waals surface area contributed by atoms with Crippen LogP contribution in [0.15, 0.2) is 23.5 Å². The summed E-state index contributed by atoms with van der Waals surface area (Å²) >= 11 is 0. The second-order valence-corrected chi connectivity index (χ2v) is 5.41. The van der Waals surface area contributed by atoms with Crippen LogP contribution in [0.2, 0.25) is 0 Å². The van der Waals surface area contributed by atoms with Gasteiger partial charge in [-0.1, -0.05) is 0 Å². The average Bonchev–Trinajstić information content (AvgIpc) is 3.06. The topological polar surface area (TPSA) is 66.7 Å². The zero-order valence-corrected chi connectivity index (χ0v) is 16.4. The number of nitrogens with one attached hydrogen (secondary N) is 2. The van der Waals surface area contributed by atoms with Gasteiger partial charge in [-0.2, -0.15) is 5.10 Å². The first kappa shape index (κ1) is 20.2. The Kier molecular flexibility index (Phi) is 10.2. The van der Waals surface area contributed by atoms with Crippen molar-refractivity contribution in [3.63, 3.8) is 0 Å². The van der Waals surface area contributed by atoms with Gasteiger partial charge >= 0.3 is 0 Å². The number of hydrogen-bond donors (Lipinski definition) is 2. The Bertz CT molecular complexity index is 433. The Labute approximate surface area is 155 Å². The number of hydrogen-bond acceptors (Lipinski definition) is 4. The highest BCUT2D eigenvalue weighted by Gasteiger charge is 2.16. The van der Waals surface area contributed by atoms with Gasteiger partial charge in [0.1, 0.15) is 0 Å². The number of aromatic nitrogens is 2. The summed E-state index contributed by atoms with van der Waals surface area (Å²) in [4.78, 5) is 7.12. The first-order valence-electron chi connectivity index (χ1n) is 8.11. The molecule has 1 fully saturated rings. The lowest BCUT2D eigenvalue weighted by Crippen LogP contribution is -2.44. The Morgan fingerprint density at radius 3 is 2.78 bits per heavy atom. The smallest absolute Gasteiger partial charge is 0.191 e. The van der Waals surface area contributed by atoms with Gasteiger partial charge in [-0.3, -0.25) is 14.6 Å². The highest BCUT2D eigenvalue weighted by molar-refractivity contribution is 14.0. The largest absolute Gasteiger partial charge is 0.379 e. The lowest BCUT2D eigenvalue weighted by molar-refractivity contribution is 0.0220. The molecule has 0 amide bonds. The SMILES string of the molecule is CCNC(=NCC(C)N1CCOCC1)NCCn1cccn1.I. The van der Waals surface area contributed by atoms with Crippen molar-refractivity contribution < 1.29 is 4.74 Å². The van der Waals surface area contributed by atoms with E-state index >= 15 is 0 Å². The lowest BCUT2D eigenvalue weighted by atomic mass is 10.2. The van der Waals surface area contributed by atoms with Crippen molar-refractivity contribution in [1.82, 2.24) is 25.3 Å². The van der Waals surface area contributed by atoms with Crippen LogP contribution in [0.25, 0.3) is 0 Å². The second-order valence-electron chi connectivity index (χ2n) is 5.41. The van der Waals surface area contributed by atoms with E-state index in [1.807, 2.05) is 16.9 Å². The van der Waals surface area contributed by atoms with Gasteiger partial charge in [-0.05, 0) is 19.9 Å². The zero-order valence-electron chi connectivity index (χ0n) is 14.1. The van der Waals surface area contributed by atoms with Crippen molar-refractivity contribution in [2.75, 3.05) is 45.9 Å². The molecule has 2 rings (SSSR count). The van der Waals surface area contributed by atoms with E-state index in [-0.39, 0.29) is 24.0 Å². The molecule has 1 saturated heterocycles. The highest BCUT2D eigenvalue weighted by atomic mass is 127.